The fourth-order valence-electron chi connectivity index (χ4n) is 14.4. The van der Waals surface area contributed by atoms with Crippen molar-refractivity contribution in [3.8, 4) is 0 Å². The van der Waals surface area contributed by atoms with E-state index in [4.69, 9.17) is 0 Å². The zero-order valence-electron chi connectivity index (χ0n) is 21.5. The maximum Gasteiger partial charge on any atom is 0.111 e. The van der Waals surface area contributed by atoms with Gasteiger partial charge in [0.1, 0.15) is 7.85 Å². The molecule has 7 aliphatic rings. The van der Waals surface area contributed by atoms with Crippen LogP contribution < -0.4 is 0 Å². The summed E-state index contributed by atoms with van der Waals surface area (Å²) in [5.41, 5.74) is 1.62. The number of rotatable bonds is 1. The molecule has 15 atom stereocenters. The molecule has 13 unspecified atom stereocenters. The van der Waals surface area contributed by atoms with Crippen LogP contribution in [0.4, 0.5) is 0 Å². The van der Waals surface area contributed by atoms with E-state index in [2.05, 4.69) is 61.5 Å². The minimum absolute atomic E-state index is 0.401. The summed E-state index contributed by atoms with van der Waals surface area (Å²) in [4.78, 5) is 0. The minimum atomic E-state index is 0.401. The molecule has 0 amide bonds. The van der Waals surface area contributed by atoms with E-state index in [9.17, 15) is 0 Å². The van der Waals surface area contributed by atoms with E-state index < -0.39 is 0 Å². The third kappa shape index (κ3) is 1.91. The highest BCUT2D eigenvalue weighted by Gasteiger charge is 2.78. The van der Waals surface area contributed by atoms with Crippen LogP contribution in [0.15, 0.2) is 12.2 Å². The van der Waals surface area contributed by atoms with Crippen molar-refractivity contribution in [1.29, 1.82) is 0 Å². The Morgan fingerprint density at radius 3 is 2.42 bits per heavy atom. The van der Waals surface area contributed by atoms with Crippen molar-refractivity contribution in [2.24, 2.45) is 81.3 Å². The average molecular weight is 419 g/mol. The minimum Gasteiger partial charge on any atom is -0.0874 e. The van der Waals surface area contributed by atoms with Crippen LogP contribution in [0.1, 0.15) is 86.5 Å². The Kier molecular flexibility index (Phi) is 3.72. The summed E-state index contributed by atoms with van der Waals surface area (Å²) >= 11 is 0. The van der Waals surface area contributed by atoms with E-state index in [0.29, 0.717) is 21.6 Å². The lowest BCUT2D eigenvalue weighted by atomic mass is 9.44. The van der Waals surface area contributed by atoms with Gasteiger partial charge < -0.3 is 0 Å². The molecular formula is C30H47B. The monoisotopic (exact) mass is 418 g/mol. The molecule has 0 aliphatic heterocycles. The molecule has 7 aliphatic carbocycles. The average Bonchev–Trinajstić information content (AvgIpc) is 3.12. The van der Waals surface area contributed by atoms with Crippen LogP contribution in [0.2, 0.25) is 5.31 Å². The van der Waals surface area contributed by atoms with Gasteiger partial charge in [-0.05, 0) is 119 Å². The van der Waals surface area contributed by atoms with Crippen molar-refractivity contribution in [1.82, 2.24) is 0 Å². The fourth-order valence-corrected chi connectivity index (χ4v) is 14.4. The number of hydrogen-bond acceptors (Lipinski definition) is 0. The van der Waals surface area contributed by atoms with Gasteiger partial charge in [-0.1, -0.05) is 66.5 Å². The lowest BCUT2D eigenvalue weighted by Gasteiger charge is -2.52. The quantitative estimate of drug-likeness (QED) is 0.317. The van der Waals surface area contributed by atoms with Gasteiger partial charge in [0, 0.05) is 0 Å². The zero-order valence-corrected chi connectivity index (χ0v) is 21.5. The van der Waals surface area contributed by atoms with Crippen molar-refractivity contribution in [2.45, 2.75) is 91.8 Å². The summed E-state index contributed by atoms with van der Waals surface area (Å²) in [7, 11) is 2.80. The molecule has 0 aromatic carbocycles. The molecule has 170 valence electrons. The smallest absolute Gasteiger partial charge is 0.0874 e. The third-order valence-corrected chi connectivity index (χ3v) is 14.7. The lowest BCUT2D eigenvalue weighted by molar-refractivity contribution is 0.0133. The van der Waals surface area contributed by atoms with E-state index in [1.807, 2.05) is 0 Å². The van der Waals surface area contributed by atoms with E-state index in [1.54, 1.807) is 19.3 Å². The van der Waals surface area contributed by atoms with Crippen molar-refractivity contribution < 1.29 is 0 Å². The lowest BCUT2D eigenvalue weighted by Crippen LogP contribution is -2.44. The zero-order chi connectivity index (χ0) is 21.7. The molecule has 0 saturated heterocycles. The SMILES string of the molecule is BC12CC(C)CC34CC=CC1(C)C(C)C1C3C3C5C(C)C(CCC5[C@H](CC)[C@]3(C)C4)C12. The van der Waals surface area contributed by atoms with Crippen molar-refractivity contribution in [2.75, 3.05) is 0 Å². The second-order valence-electron chi connectivity index (χ2n) is 15.2. The first-order valence-electron chi connectivity index (χ1n) is 14.3. The molecule has 0 N–H and O–H groups in total. The number of hydrogen-bond donors (Lipinski definition) is 0. The Hall–Kier alpha value is -0.195. The highest BCUT2D eigenvalue weighted by Crippen LogP contribution is 2.85. The molecule has 6 fully saturated rings. The predicted octanol–water partition coefficient (Wildman–Crippen LogP) is 7.02. The first kappa shape index (κ1) is 20.2. The molecule has 0 spiro atoms. The summed E-state index contributed by atoms with van der Waals surface area (Å²) < 4.78 is 0. The van der Waals surface area contributed by atoms with Crippen LogP contribution >= 0.6 is 0 Å². The Bertz CT molecular complexity index is 845. The Balaban J connectivity index is 1.58. The first-order valence-corrected chi connectivity index (χ1v) is 14.3. The van der Waals surface area contributed by atoms with Gasteiger partial charge in [0.25, 0.3) is 0 Å². The van der Waals surface area contributed by atoms with Crippen LogP contribution in [0.25, 0.3) is 0 Å². The van der Waals surface area contributed by atoms with Gasteiger partial charge in [-0.25, -0.2) is 0 Å². The van der Waals surface area contributed by atoms with Crippen molar-refractivity contribution in [3.63, 3.8) is 0 Å². The van der Waals surface area contributed by atoms with Crippen LogP contribution in [-0.2, 0) is 0 Å². The van der Waals surface area contributed by atoms with Crippen LogP contribution in [0.3, 0.4) is 0 Å². The predicted molar refractivity (Wildman–Crippen MR) is 132 cm³/mol. The second-order valence-corrected chi connectivity index (χ2v) is 15.2. The standard InChI is InChI=1S/C30H47B/c1-7-21-20-10-9-19-17(3)22(20)25-26-23-18(4)28(6)11-8-12-29(26,15-27(21,25)5)13-16(2)14-30(28,31)24(19)23/h8,11,16-26H,7,9-10,12-15,31H2,1-6H3/t16?,17?,18?,19?,20?,21-,22?,23?,24?,25?,26?,27-,28?,29?,30?/m0/s1. The van der Waals surface area contributed by atoms with Gasteiger partial charge in [0.15, 0.2) is 0 Å². The first-order chi connectivity index (χ1) is 14.6. The molecule has 0 aromatic heterocycles. The number of fused-ring (bicyclic) bond motifs is 3. The van der Waals surface area contributed by atoms with Gasteiger partial charge in [0.2, 0.25) is 0 Å². The van der Waals surface area contributed by atoms with Gasteiger partial charge in [-0.2, -0.15) is 0 Å². The summed E-state index contributed by atoms with van der Waals surface area (Å²) in [6.07, 6.45) is 16.1. The van der Waals surface area contributed by atoms with Gasteiger partial charge in [0.05, 0.1) is 0 Å². The van der Waals surface area contributed by atoms with Gasteiger partial charge in [-0.15, -0.1) is 0 Å². The molecule has 7 rings (SSSR count). The summed E-state index contributed by atoms with van der Waals surface area (Å²) in [5.74, 6) is 10.8. The summed E-state index contributed by atoms with van der Waals surface area (Å²) in [6.45, 7) is 16.3. The van der Waals surface area contributed by atoms with E-state index >= 15 is 0 Å². The maximum absolute atomic E-state index is 2.84. The van der Waals surface area contributed by atoms with Gasteiger partial charge >= 0.3 is 0 Å². The van der Waals surface area contributed by atoms with Gasteiger partial charge in [-0.3, -0.25) is 0 Å². The van der Waals surface area contributed by atoms with Crippen molar-refractivity contribution >= 4 is 7.85 Å². The van der Waals surface area contributed by atoms with Crippen LogP contribution in [0.5, 0.6) is 0 Å². The highest BCUT2D eigenvalue weighted by atomic mass is 14.8. The highest BCUT2D eigenvalue weighted by molar-refractivity contribution is 6.16. The summed E-state index contributed by atoms with van der Waals surface area (Å²) in [5, 5.41) is 0.497. The summed E-state index contributed by atoms with van der Waals surface area (Å²) in [6, 6.07) is 0. The Morgan fingerprint density at radius 2 is 1.68 bits per heavy atom. The second kappa shape index (κ2) is 5.71. The van der Waals surface area contributed by atoms with E-state index in [-0.39, 0.29) is 0 Å². The molecular weight excluding hydrogens is 371 g/mol. The molecule has 0 radical (unpaired) electrons. The Labute approximate surface area is 193 Å². The molecule has 0 heterocycles. The molecule has 31 heavy (non-hydrogen) atoms. The molecule has 0 nitrogen and oxygen atoms in total. The molecule has 6 saturated carbocycles. The van der Waals surface area contributed by atoms with E-state index in [0.717, 1.165) is 65.1 Å². The molecule has 1 heteroatoms. The topological polar surface area (TPSA) is 0 Å². The normalized spacial score (nSPS) is 69.8. The molecule has 0 aromatic rings. The third-order valence-electron chi connectivity index (χ3n) is 14.7. The van der Waals surface area contributed by atoms with Crippen molar-refractivity contribution in [3.05, 3.63) is 12.2 Å². The number of allylic oxidation sites excluding steroid dienone is 2. The molecule has 8 bridgehead atoms. The fraction of sp³-hybridized carbons (Fsp3) is 0.933. The van der Waals surface area contributed by atoms with Crippen LogP contribution in [-0.4, -0.2) is 7.85 Å². The Morgan fingerprint density at radius 1 is 0.935 bits per heavy atom. The van der Waals surface area contributed by atoms with E-state index in [1.165, 1.54) is 25.7 Å². The van der Waals surface area contributed by atoms with Crippen LogP contribution in [0, 0.1) is 81.3 Å². The largest absolute Gasteiger partial charge is 0.111 e. The maximum atomic E-state index is 2.84.